The average Bonchev–Trinajstić information content (AvgIpc) is 1.96. The van der Waals surface area contributed by atoms with Crippen LogP contribution in [0.3, 0.4) is 0 Å². The van der Waals surface area contributed by atoms with Crippen molar-refractivity contribution in [3.8, 4) is 0 Å². The molecule has 1 fully saturated rings. The second-order valence-electron chi connectivity index (χ2n) is 3.92. The summed E-state index contributed by atoms with van der Waals surface area (Å²) in [5, 5.41) is 0. The van der Waals surface area contributed by atoms with Gasteiger partial charge in [-0.25, -0.2) is 8.37 Å². The number of halogens is 3. The van der Waals surface area contributed by atoms with Crippen molar-refractivity contribution in [1.82, 2.24) is 0 Å². The maximum absolute atomic E-state index is 12.5. The van der Waals surface area contributed by atoms with Gasteiger partial charge < -0.3 is 0 Å². The fourth-order valence-electron chi connectivity index (χ4n) is 0.853. The monoisotopic (exact) mass is 298 g/mol. The van der Waals surface area contributed by atoms with Gasteiger partial charge in [0.25, 0.3) is 26.0 Å². The van der Waals surface area contributed by atoms with E-state index in [-0.39, 0.29) is 6.92 Å². The molecule has 0 aromatic rings. The zero-order valence-electron chi connectivity index (χ0n) is 8.90. The number of rotatable bonds is 0. The lowest BCUT2D eigenvalue weighted by Gasteiger charge is -2.39. The predicted molar refractivity (Wildman–Crippen MR) is 48.5 cm³/mol. The molecule has 0 radical (unpaired) electrons. The van der Waals surface area contributed by atoms with Crippen LogP contribution in [0.1, 0.15) is 20.8 Å². The normalized spacial score (nSPS) is 29.8. The Morgan fingerprint density at radius 1 is 0.882 bits per heavy atom. The van der Waals surface area contributed by atoms with Gasteiger partial charge in [0.05, 0.1) is 0 Å². The maximum Gasteiger partial charge on any atom is 0.445 e. The van der Waals surface area contributed by atoms with Crippen molar-refractivity contribution < 1.29 is 38.4 Å². The zero-order valence-corrected chi connectivity index (χ0v) is 10.5. The first-order chi connectivity index (χ1) is 7.16. The number of hydrogen-bond acceptors (Lipinski definition) is 6. The van der Waals surface area contributed by atoms with Crippen LogP contribution >= 0.6 is 0 Å². The van der Waals surface area contributed by atoms with E-state index >= 15 is 0 Å². The van der Waals surface area contributed by atoms with E-state index in [9.17, 15) is 30.0 Å². The van der Waals surface area contributed by atoms with E-state index in [1.165, 1.54) is 0 Å². The van der Waals surface area contributed by atoms with Crippen molar-refractivity contribution >= 4 is 20.2 Å². The summed E-state index contributed by atoms with van der Waals surface area (Å²) >= 11 is 0. The molecule has 0 N–H and O–H groups in total. The zero-order chi connectivity index (χ0) is 13.9. The summed E-state index contributed by atoms with van der Waals surface area (Å²) in [4.78, 5) is 0. The van der Waals surface area contributed by atoms with E-state index in [0.29, 0.717) is 13.8 Å². The number of alkyl halides is 3. The summed E-state index contributed by atoms with van der Waals surface area (Å²) < 4.78 is 88.1. The van der Waals surface area contributed by atoms with E-state index < -0.39 is 36.3 Å². The molecular weight excluding hydrogens is 289 g/mol. The van der Waals surface area contributed by atoms with Crippen molar-refractivity contribution in [2.24, 2.45) is 0 Å². The molecule has 0 bridgehead atoms. The Labute approximate surface area is 96.0 Å². The van der Waals surface area contributed by atoms with Crippen molar-refractivity contribution in [3.05, 3.63) is 0 Å². The minimum atomic E-state index is -5.32. The standard InChI is InChI=1S/C6H9F3O6S2/c1-4(2)16(10,11)14-5(3,6(7,8)9)15-17(4,12)13/h1-3H3. The van der Waals surface area contributed by atoms with E-state index in [2.05, 4.69) is 8.37 Å². The molecule has 0 aliphatic carbocycles. The van der Waals surface area contributed by atoms with Gasteiger partial charge in [-0.15, -0.1) is 0 Å². The average molecular weight is 298 g/mol. The fraction of sp³-hybridized carbons (Fsp3) is 1.00. The van der Waals surface area contributed by atoms with E-state index in [0.717, 1.165) is 0 Å². The van der Waals surface area contributed by atoms with Gasteiger partial charge in [0.2, 0.25) is 4.08 Å². The Bertz CT molecular complexity index is 491. The minimum absolute atomic E-state index is 0.178. The molecule has 17 heavy (non-hydrogen) atoms. The molecule has 0 saturated carbocycles. The van der Waals surface area contributed by atoms with Crippen LogP contribution in [0.15, 0.2) is 0 Å². The Morgan fingerprint density at radius 2 is 1.18 bits per heavy atom. The van der Waals surface area contributed by atoms with Crippen molar-refractivity contribution in [1.29, 1.82) is 0 Å². The van der Waals surface area contributed by atoms with E-state index in [4.69, 9.17) is 0 Å². The third kappa shape index (κ3) is 1.94. The van der Waals surface area contributed by atoms with Crippen LogP contribution in [0.2, 0.25) is 0 Å². The molecule has 1 heterocycles. The molecule has 0 atom stereocenters. The van der Waals surface area contributed by atoms with Crippen molar-refractivity contribution in [2.75, 3.05) is 0 Å². The van der Waals surface area contributed by atoms with Crippen LogP contribution < -0.4 is 0 Å². The Hall–Kier alpha value is -0.390. The van der Waals surface area contributed by atoms with Gasteiger partial charge >= 0.3 is 6.18 Å². The van der Waals surface area contributed by atoms with Crippen LogP contribution in [0.4, 0.5) is 13.2 Å². The molecule has 6 nitrogen and oxygen atoms in total. The van der Waals surface area contributed by atoms with E-state index in [1.54, 1.807) is 0 Å². The van der Waals surface area contributed by atoms with Gasteiger partial charge in [0.15, 0.2) is 0 Å². The third-order valence-electron chi connectivity index (χ3n) is 2.26. The molecule has 0 amide bonds. The van der Waals surface area contributed by atoms with Crippen LogP contribution in [0.25, 0.3) is 0 Å². The van der Waals surface area contributed by atoms with E-state index in [1.807, 2.05) is 0 Å². The minimum Gasteiger partial charge on any atom is -0.223 e. The summed E-state index contributed by atoms with van der Waals surface area (Å²) in [5.41, 5.74) is 0. The first-order valence-electron chi connectivity index (χ1n) is 4.13. The summed E-state index contributed by atoms with van der Waals surface area (Å²) in [5.74, 6) is -3.74. The Morgan fingerprint density at radius 3 is 1.41 bits per heavy atom. The van der Waals surface area contributed by atoms with Gasteiger partial charge in [-0.1, -0.05) is 0 Å². The highest BCUT2D eigenvalue weighted by atomic mass is 32.3. The summed E-state index contributed by atoms with van der Waals surface area (Å²) in [6.45, 7) is 1.53. The van der Waals surface area contributed by atoms with Gasteiger partial charge in [0, 0.05) is 6.92 Å². The molecule has 11 heteroatoms. The molecule has 1 aliphatic heterocycles. The van der Waals surface area contributed by atoms with Crippen LogP contribution in [-0.2, 0) is 28.6 Å². The molecule has 0 aromatic heterocycles. The highest BCUT2D eigenvalue weighted by molar-refractivity contribution is 8.06. The molecular formula is C6H9F3O6S2. The first kappa shape index (κ1) is 14.7. The van der Waals surface area contributed by atoms with Gasteiger partial charge in [-0.3, -0.25) is 0 Å². The second-order valence-corrected chi connectivity index (χ2v) is 8.37. The molecule has 1 rings (SSSR count). The highest BCUT2D eigenvalue weighted by Crippen LogP contribution is 2.45. The van der Waals surface area contributed by atoms with Gasteiger partial charge in [-0.2, -0.15) is 30.0 Å². The topological polar surface area (TPSA) is 86.7 Å². The lowest BCUT2D eigenvalue weighted by molar-refractivity contribution is -0.314. The Kier molecular flexibility index (Phi) is 2.88. The second kappa shape index (κ2) is 3.33. The largest absolute Gasteiger partial charge is 0.445 e. The molecule has 0 spiro atoms. The first-order valence-corrected chi connectivity index (χ1v) is 6.95. The lowest BCUT2D eigenvalue weighted by atomic mass is 10.3. The molecule has 102 valence electrons. The fourth-order valence-corrected chi connectivity index (χ4v) is 3.60. The maximum atomic E-state index is 12.5. The molecule has 0 unspecified atom stereocenters. The third-order valence-corrected chi connectivity index (χ3v) is 6.96. The summed E-state index contributed by atoms with van der Waals surface area (Å²) in [7, 11) is -9.98. The van der Waals surface area contributed by atoms with Crippen LogP contribution in [-0.4, -0.2) is 32.9 Å². The molecule has 1 saturated heterocycles. The molecule has 1 aliphatic rings. The van der Waals surface area contributed by atoms with Crippen molar-refractivity contribution in [3.63, 3.8) is 0 Å². The highest BCUT2D eigenvalue weighted by Gasteiger charge is 2.68. The Balaban J connectivity index is 3.48. The number of hydrogen-bond donors (Lipinski definition) is 0. The quantitative estimate of drug-likeness (QED) is 0.612. The van der Waals surface area contributed by atoms with Crippen LogP contribution in [0, 0.1) is 0 Å². The SMILES string of the molecule is CC1(C(F)(F)F)OS(=O)(=O)C(C)(C)S(=O)(=O)O1. The lowest BCUT2D eigenvalue weighted by Crippen LogP contribution is -2.60. The molecule has 0 aromatic carbocycles. The van der Waals surface area contributed by atoms with Crippen LogP contribution in [0.5, 0.6) is 0 Å². The summed E-state index contributed by atoms with van der Waals surface area (Å²) in [6, 6.07) is 0. The van der Waals surface area contributed by atoms with Gasteiger partial charge in [-0.05, 0) is 13.8 Å². The van der Waals surface area contributed by atoms with Crippen molar-refractivity contribution in [2.45, 2.75) is 36.8 Å². The predicted octanol–water partition coefficient (Wildman–Crippen LogP) is 0.707. The van der Waals surface area contributed by atoms with Gasteiger partial charge in [0.1, 0.15) is 0 Å². The smallest absolute Gasteiger partial charge is 0.223 e. The summed E-state index contributed by atoms with van der Waals surface area (Å²) in [6.07, 6.45) is -5.32.